The van der Waals surface area contributed by atoms with Gasteiger partial charge < -0.3 is 0 Å². The number of H-pyrrole nitrogens is 1. The predicted molar refractivity (Wildman–Crippen MR) is 64.3 cm³/mol. The molecule has 0 radical (unpaired) electrons. The Morgan fingerprint density at radius 2 is 1.88 bits per heavy atom. The fraction of sp³-hybridized carbons (Fsp3) is 0. The molecule has 1 N–H and O–H groups in total. The second kappa shape index (κ2) is 3.61. The van der Waals surface area contributed by atoms with Crippen molar-refractivity contribution in [1.29, 1.82) is 0 Å². The third-order valence-electron chi connectivity index (χ3n) is 2.50. The fourth-order valence-electron chi connectivity index (χ4n) is 1.67. The molecule has 0 unspecified atom stereocenters. The molecule has 2 aromatic heterocycles. The largest absolute Gasteiger partial charge is 0.278 e. The van der Waals surface area contributed by atoms with Crippen molar-refractivity contribution in [1.82, 2.24) is 15.2 Å². The van der Waals surface area contributed by atoms with E-state index in [2.05, 4.69) is 21.2 Å². The molecule has 0 bridgehead atoms. The molecule has 0 aliphatic heterocycles. The number of halogens is 1. The highest BCUT2D eigenvalue weighted by molar-refractivity contribution is 6.29. The van der Waals surface area contributed by atoms with Crippen LogP contribution in [-0.2, 0) is 0 Å². The molecule has 0 amide bonds. The Hall–Kier alpha value is -1.87. The molecule has 3 nitrogen and oxygen atoms in total. The Morgan fingerprint density at radius 3 is 2.69 bits per heavy atom. The molecule has 0 atom stereocenters. The van der Waals surface area contributed by atoms with Gasteiger partial charge in [-0.3, -0.25) is 5.10 Å². The average Bonchev–Trinajstić information content (AvgIpc) is 2.77. The molecule has 0 saturated carbocycles. The quantitative estimate of drug-likeness (QED) is 0.651. The monoisotopic (exact) mass is 229 g/mol. The molecule has 0 aliphatic carbocycles. The summed E-state index contributed by atoms with van der Waals surface area (Å²) >= 11 is 5.75. The lowest BCUT2D eigenvalue weighted by atomic mass is 10.1. The minimum Gasteiger partial charge on any atom is -0.278 e. The van der Waals surface area contributed by atoms with Crippen molar-refractivity contribution in [3.05, 3.63) is 47.9 Å². The van der Waals surface area contributed by atoms with Gasteiger partial charge in [-0.1, -0.05) is 17.7 Å². The van der Waals surface area contributed by atoms with Crippen molar-refractivity contribution in [3.8, 4) is 11.1 Å². The number of nitrogens with one attached hydrogen (secondary N) is 1. The van der Waals surface area contributed by atoms with Crippen LogP contribution in [0.4, 0.5) is 0 Å². The lowest BCUT2D eigenvalue weighted by molar-refractivity contribution is 1.12. The summed E-state index contributed by atoms with van der Waals surface area (Å²) in [6.45, 7) is 0. The normalized spacial score (nSPS) is 10.8. The lowest BCUT2D eigenvalue weighted by Gasteiger charge is -2.00. The SMILES string of the molecule is Clc1ccc(-c2ccc3[nH]ncc3c2)cn1. The number of aromatic amines is 1. The first-order valence-corrected chi connectivity index (χ1v) is 5.26. The summed E-state index contributed by atoms with van der Waals surface area (Å²) in [4.78, 5) is 4.07. The van der Waals surface area contributed by atoms with Gasteiger partial charge in [-0.25, -0.2) is 4.98 Å². The molecular formula is C12H8ClN3. The van der Waals surface area contributed by atoms with Gasteiger partial charge in [0.15, 0.2) is 0 Å². The van der Waals surface area contributed by atoms with Crippen molar-refractivity contribution < 1.29 is 0 Å². The van der Waals surface area contributed by atoms with Crippen LogP contribution in [0.15, 0.2) is 42.7 Å². The van der Waals surface area contributed by atoms with Crippen molar-refractivity contribution in [2.75, 3.05) is 0 Å². The number of hydrogen-bond acceptors (Lipinski definition) is 2. The molecule has 3 aromatic rings. The van der Waals surface area contributed by atoms with Crippen LogP contribution in [0.1, 0.15) is 0 Å². The number of benzene rings is 1. The van der Waals surface area contributed by atoms with Crippen molar-refractivity contribution in [3.63, 3.8) is 0 Å². The average molecular weight is 230 g/mol. The third-order valence-corrected chi connectivity index (χ3v) is 2.72. The zero-order valence-corrected chi connectivity index (χ0v) is 9.07. The van der Waals surface area contributed by atoms with Crippen LogP contribution in [0, 0.1) is 0 Å². The van der Waals surface area contributed by atoms with E-state index in [1.54, 1.807) is 12.3 Å². The van der Waals surface area contributed by atoms with Gasteiger partial charge in [-0.15, -0.1) is 0 Å². The van der Waals surface area contributed by atoms with E-state index in [4.69, 9.17) is 11.6 Å². The van der Waals surface area contributed by atoms with Crippen LogP contribution >= 0.6 is 11.6 Å². The molecule has 0 fully saturated rings. The highest BCUT2D eigenvalue weighted by Crippen LogP contribution is 2.23. The van der Waals surface area contributed by atoms with Gasteiger partial charge in [0.05, 0.1) is 11.7 Å². The van der Waals surface area contributed by atoms with E-state index >= 15 is 0 Å². The van der Waals surface area contributed by atoms with Crippen LogP contribution in [-0.4, -0.2) is 15.2 Å². The Bertz CT molecular complexity index is 628. The summed E-state index contributed by atoms with van der Waals surface area (Å²) in [5.74, 6) is 0. The van der Waals surface area contributed by atoms with Gasteiger partial charge in [0.2, 0.25) is 0 Å². The Kier molecular flexibility index (Phi) is 2.11. The number of fused-ring (bicyclic) bond motifs is 1. The molecule has 0 aliphatic rings. The van der Waals surface area contributed by atoms with E-state index < -0.39 is 0 Å². The minimum absolute atomic E-state index is 0.508. The summed E-state index contributed by atoms with van der Waals surface area (Å²) in [5.41, 5.74) is 3.19. The number of pyridine rings is 1. The second-order valence-corrected chi connectivity index (χ2v) is 3.93. The molecular weight excluding hydrogens is 222 g/mol. The topological polar surface area (TPSA) is 41.6 Å². The third kappa shape index (κ3) is 1.55. The standard InChI is InChI=1S/C12H8ClN3/c13-12-4-2-9(6-14-12)8-1-3-11-10(5-8)7-15-16-11/h1-7H,(H,15,16). The van der Waals surface area contributed by atoms with Gasteiger partial charge in [0, 0.05) is 17.1 Å². The van der Waals surface area contributed by atoms with Gasteiger partial charge in [-0.05, 0) is 29.8 Å². The number of rotatable bonds is 1. The first-order chi connectivity index (χ1) is 7.83. The zero-order chi connectivity index (χ0) is 11.0. The number of nitrogens with zero attached hydrogens (tertiary/aromatic N) is 2. The highest BCUT2D eigenvalue weighted by atomic mass is 35.5. The lowest BCUT2D eigenvalue weighted by Crippen LogP contribution is -1.80. The maximum Gasteiger partial charge on any atom is 0.129 e. The van der Waals surface area contributed by atoms with Gasteiger partial charge >= 0.3 is 0 Å². The minimum atomic E-state index is 0.508. The molecule has 0 spiro atoms. The highest BCUT2D eigenvalue weighted by Gasteiger charge is 2.01. The van der Waals surface area contributed by atoms with Crippen molar-refractivity contribution in [2.24, 2.45) is 0 Å². The van der Waals surface area contributed by atoms with Crippen LogP contribution in [0.2, 0.25) is 5.15 Å². The summed E-state index contributed by atoms with van der Waals surface area (Å²) < 4.78 is 0. The van der Waals surface area contributed by atoms with Crippen LogP contribution in [0.25, 0.3) is 22.0 Å². The summed E-state index contributed by atoms with van der Waals surface area (Å²) in [6.07, 6.45) is 3.58. The number of aromatic nitrogens is 3. The number of hydrogen-bond donors (Lipinski definition) is 1. The smallest absolute Gasteiger partial charge is 0.129 e. The molecule has 1 aromatic carbocycles. The molecule has 3 rings (SSSR count). The van der Waals surface area contributed by atoms with Crippen LogP contribution < -0.4 is 0 Å². The molecule has 16 heavy (non-hydrogen) atoms. The maximum atomic E-state index is 5.75. The van der Waals surface area contributed by atoms with E-state index in [0.29, 0.717) is 5.15 Å². The summed E-state index contributed by atoms with van der Waals surface area (Å²) in [7, 11) is 0. The van der Waals surface area contributed by atoms with E-state index in [1.807, 2.05) is 24.4 Å². The molecule has 0 saturated heterocycles. The van der Waals surface area contributed by atoms with Crippen molar-refractivity contribution >= 4 is 22.5 Å². The second-order valence-electron chi connectivity index (χ2n) is 3.54. The van der Waals surface area contributed by atoms with Gasteiger partial charge in [-0.2, -0.15) is 5.10 Å². The Labute approximate surface area is 97.1 Å². The summed E-state index contributed by atoms with van der Waals surface area (Å²) in [6, 6.07) is 9.86. The van der Waals surface area contributed by atoms with E-state index in [1.165, 1.54) is 0 Å². The van der Waals surface area contributed by atoms with Crippen molar-refractivity contribution in [2.45, 2.75) is 0 Å². The predicted octanol–water partition coefficient (Wildman–Crippen LogP) is 3.28. The molecule has 78 valence electrons. The van der Waals surface area contributed by atoms with E-state index in [9.17, 15) is 0 Å². The molecule has 4 heteroatoms. The Balaban J connectivity index is 2.14. The fourth-order valence-corrected chi connectivity index (χ4v) is 1.78. The first-order valence-electron chi connectivity index (χ1n) is 4.88. The van der Waals surface area contributed by atoms with E-state index in [0.717, 1.165) is 22.0 Å². The first kappa shape index (κ1) is 9.36. The van der Waals surface area contributed by atoms with Crippen LogP contribution in [0.5, 0.6) is 0 Å². The zero-order valence-electron chi connectivity index (χ0n) is 8.31. The molecule has 2 heterocycles. The van der Waals surface area contributed by atoms with Gasteiger partial charge in [0.25, 0.3) is 0 Å². The van der Waals surface area contributed by atoms with Crippen LogP contribution in [0.3, 0.4) is 0 Å². The maximum absolute atomic E-state index is 5.75. The van der Waals surface area contributed by atoms with E-state index in [-0.39, 0.29) is 0 Å². The van der Waals surface area contributed by atoms with Gasteiger partial charge in [0.1, 0.15) is 5.15 Å². The summed E-state index contributed by atoms with van der Waals surface area (Å²) in [5, 5.41) is 8.51. The Morgan fingerprint density at radius 1 is 1.00 bits per heavy atom.